The molecule has 1 aromatic heterocycles. The number of para-hydroxylation sites is 2. The molecule has 5 rings (SSSR count). The summed E-state index contributed by atoms with van der Waals surface area (Å²) in [6.45, 7) is 5.31. The van der Waals surface area contributed by atoms with Crippen LogP contribution in [0.15, 0.2) is 66.7 Å². The molecule has 1 aliphatic heterocycles. The third-order valence-electron chi connectivity index (χ3n) is 5.95. The number of imidazole rings is 1. The molecule has 0 bridgehead atoms. The first-order valence-electron chi connectivity index (χ1n) is 10.8. The predicted octanol–water partition coefficient (Wildman–Crippen LogP) is 4.62. The summed E-state index contributed by atoms with van der Waals surface area (Å²) in [6, 6.07) is 21.7. The van der Waals surface area contributed by atoms with E-state index < -0.39 is 0 Å². The van der Waals surface area contributed by atoms with Gasteiger partial charge in [-0.25, -0.2) is 4.98 Å². The molecule has 6 heteroatoms. The molecule has 1 N–H and O–H groups in total. The molecule has 1 amide bonds. The van der Waals surface area contributed by atoms with Crippen LogP contribution in [0.3, 0.4) is 0 Å². The Morgan fingerprint density at radius 1 is 1.06 bits per heavy atom. The van der Waals surface area contributed by atoms with Crippen LogP contribution in [0.25, 0.3) is 11.0 Å². The van der Waals surface area contributed by atoms with Gasteiger partial charge < -0.3 is 14.6 Å². The van der Waals surface area contributed by atoms with Gasteiger partial charge >= 0.3 is 0 Å². The highest BCUT2D eigenvalue weighted by molar-refractivity contribution is 6.04. The number of rotatable bonds is 5. The molecule has 0 unspecified atom stereocenters. The van der Waals surface area contributed by atoms with Crippen molar-refractivity contribution in [1.29, 1.82) is 0 Å². The van der Waals surface area contributed by atoms with E-state index in [1.54, 1.807) is 7.11 Å². The Morgan fingerprint density at radius 3 is 2.78 bits per heavy atom. The van der Waals surface area contributed by atoms with E-state index in [1.165, 1.54) is 5.52 Å². The van der Waals surface area contributed by atoms with Gasteiger partial charge in [0.1, 0.15) is 11.6 Å². The largest absolute Gasteiger partial charge is 0.496 e. The molecular formula is C26H26N4O2. The number of ether oxygens (including phenoxy) is 1. The lowest BCUT2D eigenvalue weighted by Crippen LogP contribution is -2.33. The van der Waals surface area contributed by atoms with E-state index in [0.717, 1.165) is 60.1 Å². The van der Waals surface area contributed by atoms with Crippen molar-refractivity contribution in [2.24, 2.45) is 0 Å². The zero-order valence-corrected chi connectivity index (χ0v) is 18.3. The molecule has 0 saturated carbocycles. The van der Waals surface area contributed by atoms with Gasteiger partial charge in [-0.15, -0.1) is 0 Å². The lowest BCUT2D eigenvalue weighted by molar-refractivity contribution is 0.102. The molecule has 0 saturated heterocycles. The molecule has 0 fully saturated rings. The number of hydrogen-bond donors (Lipinski definition) is 1. The summed E-state index contributed by atoms with van der Waals surface area (Å²) in [7, 11) is 1.68. The number of amides is 1. The van der Waals surface area contributed by atoms with E-state index in [1.807, 2.05) is 55.5 Å². The second-order valence-corrected chi connectivity index (χ2v) is 8.23. The maximum absolute atomic E-state index is 12.7. The highest BCUT2D eigenvalue weighted by atomic mass is 16.5. The van der Waals surface area contributed by atoms with Crippen molar-refractivity contribution < 1.29 is 9.53 Å². The van der Waals surface area contributed by atoms with Gasteiger partial charge in [-0.05, 0) is 49.4 Å². The van der Waals surface area contributed by atoms with E-state index >= 15 is 0 Å². The summed E-state index contributed by atoms with van der Waals surface area (Å²) in [4.78, 5) is 19.9. The molecule has 2 heterocycles. The van der Waals surface area contributed by atoms with Crippen molar-refractivity contribution in [3.8, 4) is 5.75 Å². The fourth-order valence-electron chi connectivity index (χ4n) is 4.36. The molecule has 0 aliphatic carbocycles. The number of benzene rings is 3. The molecule has 4 aromatic rings. The minimum Gasteiger partial charge on any atom is -0.496 e. The number of aryl methyl sites for hydroxylation is 1. The molecule has 162 valence electrons. The fourth-order valence-corrected chi connectivity index (χ4v) is 4.36. The van der Waals surface area contributed by atoms with E-state index in [0.29, 0.717) is 5.56 Å². The summed E-state index contributed by atoms with van der Waals surface area (Å²) in [5, 5.41) is 3.02. The second-order valence-electron chi connectivity index (χ2n) is 8.23. The molecule has 0 spiro atoms. The normalized spacial score (nSPS) is 13.7. The lowest BCUT2D eigenvalue weighted by Gasteiger charge is -2.28. The van der Waals surface area contributed by atoms with E-state index in [-0.39, 0.29) is 5.91 Å². The van der Waals surface area contributed by atoms with Gasteiger partial charge in [0, 0.05) is 36.4 Å². The number of nitrogens with one attached hydrogen (secondary N) is 1. The third kappa shape index (κ3) is 3.97. The maximum Gasteiger partial charge on any atom is 0.255 e. The molecule has 0 radical (unpaired) electrons. The molecule has 0 atom stereocenters. The topological polar surface area (TPSA) is 59.4 Å². The van der Waals surface area contributed by atoms with Gasteiger partial charge in [0.2, 0.25) is 0 Å². The van der Waals surface area contributed by atoms with Crippen LogP contribution in [0.5, 0.6) is 5.75 Å². The first kappa shape index (κ1) is 20.3. The predicted molar refractivity (Wildman–Crippen MR) is 126 cm³/mol. The van der Waals surface area contributed by atoms with Crippen LogP contribution < -0.4 is 10.1 Å². The van der Waals surface area contributed by atoms with Crippen molar-refractivity contribution in [3.63, 3.8) is 0 Å². The van der Waals surface area contributed by atoms with Gasteiger partial charge in [0.15, 0.2) is 0 Å². The summed E-state index contributed by atoms with van der Waals surface area (Å²) in [5.74, 6) is 1.79. The first-order valence-corrected chi connectivity index (χ1v) is 10.8. The third-order valence-corrected chi connectivity index (χ3v) is 5.95. The number of hydrogen-bond acceptors (Lipinski definition) is 4. The smallest absolute Gasteiger partial charge is 0.255 e. The fraction of sp³-hybridized carbons (Fsp3) is 0.231. The Bertz CT molecular complexity index is 1290. The Morgan fingerprint density at radius 2 is 1.94 bits per heavy atom. The Hall–Kier alpha value is -3.64. The van der Waals surface area contributed by atoms with Crippen LogP contribution in [-0.4, -0.2) is 34.0 Å². The number of carbonyl (C=O) groups excluding carboxylic acids is 1. The minimum absolute atomic E-state index is 0.114. The van der Waals surface area contributed by atoms with Crippen molar-refractivity contribution in [2.75, 3.05) is 19.0 Å². The van der Waals surface area contributed by atoms with E-state index in [4.69, 9.17) is 9.72 Å². The van der Waals surface area contributed by atoms with Gasteiger partial charge in [-0.3, -0.25) is 9.69 Å². The van der Waals surface area contributed by atoms with Gasteiger partial charge in [0.05, 0.1) is 24.7 Å². The number of nitrogens with zero attached hydrogens (tertiary/aromatic N) is 3. The number of methoxy groups -OCH3 is 1. The second kappa shape index (κ2) is 8.48. The van der Waals surface area contributed by atoms with Crippen molar-refractivity contribution >= 4 is 22.6 Å². The lowest BCUT2D eigenvalue weighted by atomic mass is 10.1. The highest BCUT2D eigenvalue weighted by Crippen LogP contribution is 2.27. The molecular weight excluding hydrogens is 400 g/mol. The van der Waals surface area contributed by atoms with E-state index in [9.17, 15) is 4.79 Å². The van der Waals surface area contributed by atoms with Crippen molar-refractivity contribution in [2.45, 2.75) is 26.6 Å². The average Bonchev–Trinajstić information content (AvgIpc) is 3.17. The maximum atomic E-state index is 12.7. The standard InChI is InChI=1S/C26H26N4O2/c1-18-6-5-7-19(14-18)26(31)27-21-10-11-24(32-2)20(15-21)16-29-12-13-30-23-9-4-3-8-22(23)28-25(30)17-29/h3-11,14-15H,12-13,16-17H2,1-2H3,(H,27,31). The van der Waals surface area contributed by atoms with Crippen LogP contribution in [-0.2, 0) is 19.6 Å². The average molecular weight is 427 g/mol. The highest BCUT2D eigenvalue weighted by Gasteiger charge is 2.21. The molecule has 32 heavy (non-hydrogen) atoms. The van der Waals surface area contributed by atoms with Gasteiger partial charge in [-0.2, -0.15) is 0 Å². The number of carbonyl (C=O) groups is 1. The Balaban J connectivity index is 1.34. The zero-order valence-electron chi connectivity index (χ0n) is 18.3. The molecule has 1 aliphatic rings. The SMILES string of the molecule is COc1ccc(NC(=O)c2cccc(C)c2)cc1CN1CCn2c(nc3ccccc32)C1. The Kier molecular flexibility index (Phi) is 5.37. The molecule has 3 aromatic carbocycles. The minimum atomic E-state index is -0.114. The summed E-state index contributed by atoms with van der Waals surface area (Å²) in [5.41, 5.74) is 5.75. The van der Waals surface area contributed by atoms with Crippen LogP contribution in [0.4, 0.5) is 5.69 Å². The van der Waals surface area contributed by atoms with Gasteiger partial charge in [-0.1, -0.05) is 29.8 Å². The number of aromatic nitrogens is 2. The van der Waals surface area contributed by atoms with Crippen molar-refractivity contribution in [1.82, 2.24) is 14.5 Å². The summed E-state index contributed by atoms with van der Waals surface area (Å²) >= 11 is 0. The number of fused-ring (bicyclic) bond motifs is 3. The summed E-state index contributed by atoms with van der Waals surface area (Å²) in [6.07, 6.45) is 0. The first-order chi connectivity index (χ1) is 15.6. The monoisotopic (exact) mass is 426 g/mol. The van der Waals surface area contributed by atoms with Crippen LogP contribution in [0.2, 0.25) is 0 Å². The number of anilines is 1. The quantitative estimate of drug-likeness (QED) is 0.506. The zero-order chi connectivity index (χ0) is 22.1. The van der Waals surface area contributed by atoms with Gasteiger partial charge in [0.25, 0.3) is 5.91 Å². The van der Waals surface area contributed by atoms with Crippen LogP contribution in [0, 0.1) is 6.92 Å². The van der Waals surface area contributed by atoms with Crippen LogP contribution in [0.1, 0.15) is 27.3 Å². The van der Waals surface area contributed by atoms with E-state index in [2.05, 4.69) is 33.0 Å². The summed E-state index contributed by atoms with van der Waals surface area (Å²) < 4.78 is 7.91. The van der Waals surface area contributed by atoms with Crippen LogP contribution >= 0.6 is 0 Å². The Labute approximate surface area is 187 Å². The van der Waals surface area contributed by atoms with Crippen molar-refractivity contribution in [3.05, 3.63) is 89.2 Å². The molecule has 6 nitrogen and oxygen atoms in total.